The highest BCUT2D eigenvalue weighted by molar-refractivity contribution is 5.86. The minimum atomic E-state index is -1.07. The molecule has 1 saturated heterocycles. The zero-order valence-corrected chi connectivity index (χ0v) is 14.8. The second kappa shape index (κ2) is 7.19. The molecule has 1 N–H and O–H groups in total. The fraction of sp³-hybridized carbons (Fsp3) is 0.750. The predicted molar refractivity (Wildman–Crippen MR) is 87.1 cm³/mol. The Morgan fingerprint density at radius 1 is 1.38 bits per heavy atom. The Morgan fingerprint density at radius 3 is 2.67 bits per heavy atom. The molecule has 8 heteroatoms. The quantitative estimate of drug-likeness (QED) is 0.906. The summed E-state index contributed by atoms with van der Waals surface area (Å²) in [6, 6.07) is -0.0755. The van der Waals surface area contributed by atoms with Crippen molar-refractivity contribution in [3.8, 4) is 0 Å². The van der Waals surface area contributed by atoms with Gasteiger partial charge in [0.25, 0.3) is 0 Å². The number of hydrogen-bond donors (Lipinski definition) is 1. The molecule has 2 rings (SSSR count). The van der Waals surface area contributed by atoms with Gasteiger partial charge in [0.2, 0.25) is 0 Å². The highest BCUT2D eigenvalue weighted by atomic mass is 16.6. The van der Waals surface area contributed by atoms with E-state index in [4.69, 9.17) is 4.74 Å². The molecule has 0 bridgehead atoms. The van der Waals surface area contributed by atoms with Gasteiger partial charge in [-0.3, -0.25) is 0 Å². The van der Waals surface area contributed by atoms with E-state index in [1.54, 1.807) is 9.58 Å². The van der Waals surface area contributed by atoms with Crippen molar-refractivity contribution in [2.24, 2.45) is 0 Å². The van der Waals surface area contributed by atoms with E-state index in [1.807, 2.05) is 27.7 Å². The molecule has 1 aromatic heterocycles. The summed E-state index contributed by atoms with van der Waals surface area (Å²) in [6.07, 6.45) is 2.70. The van der Waals surface area contributed by atoms with Crippen molar-refractivity contribution in [2.75, 3.05) is 13.1 Å². The number of carboxylic acid groups (broad SMARTS) is 1. The van der Waals surface area contributed by atoms with Gasteiger partial charge in [0, 0.05) is 13.1 Å². The third-order valence-corrected chi connectivity index (χ3v) is 3.87. The third kappa shape index (κ3) is 4.24. The number of likely N-dealkylation sites (tertiary alicyclic amines) is 1. The molecule has 2 heterocycles. The van der Waals surface area contributed by atoms with Crippen LogP contribution in [0.5, 0.6) is 0 Å². The molecule has 1 aromatic rings. The summed E-state index contributed by atoms with van der Waals surface area (Å²) in [5.74, 6) is -1.07. The number of hydrogen-bond acceptors (Lipinski definition) is 5. The number of piperidine rings is 1. The van der Waals surface area contributed by atoms with Crippen molar-refractivity contribution >= 4 is 12.1 Å². The van der Waals surface area contributed by atoms with E-state index in [0.717, 1.165) is 19.3 Å². The Kier molecular flexibility index (Phi) is 5.46. The van der Waals surface area contributed by atoms with E-state index >= 15 is 0 Å². The lowest BCUT2D eigenvalue weighted by Crippen LogP contribution is -2.43. The highest BCUT2D eigenvalue weighted by Gasteiger charge is 2.31. The Bertz CT molecular complexity index is 606. The van der Waals surface area contributed by atoms with Crippen LogP contribution in [0.4, 0.5) is 4.79 Å². The number of carbonyl (C=O) groups is 2. The van der Waals surface area contributed by atoms with Gasteiger partial charge in [-0.2, -0.15) is 0 Å². The normalized spacial score (nSPS) is 18.5. The Morgan fingerprint density at radius 2 is 2.08 bits per heavy atom. The molecule has 24 heavy (non-hydrogen) atoms. The average Bonchev–Trinajstić information content (AvgIpc) is 2.90. The van der Waals surface area contributed by atoms with Crippen LogP contribution in [0.1, 0.15) is 69.2 Å². The summed E-state index contributed by atoms with van der Waals surface area (Å²) < 4.78 is 7.11. The molecule has 8 nitrogen and oxygen atoms in total. The van der Waals surface area contributed by atoms with Gasteiger partial charge in [0.1, 0.15) is 5.60 Å². The van der Waals surface area contributed by atoms with E-state index in [-0.39, 0.29) is 17.8 Å². The maximum Gasteiger partial charge on any atom is 0.410 e. The summed E-state index contributed by atoms with van der Waals surface area (Å²) in [4.78, 5) is 25.3. The molecular weight excluding hydrogens is 312 g/mol. The van der Waals surface area contributed by atoms with Gasteiger partial charge in [-0.25, -0.2) is 14.3 Å². The lowest BCUT2D eigenvalue weighted by molar-refractivity contribution is 0.0164. The average molecular weight is 338 g/mol. The Balaban J connectivity index is 2.18. The maximum atomic E-state index is 12.3. The summed E-state index contributed by atoms with van der Waals surface area (Å²) in [5.41, 5.74) is 0.0912. The fourth-order valence-electron chi connectivity index (χ4n) is 2.89. The molecule has 1 amide bonds. The fourth-order valence-corrected chi connectivity index (χ4v) is 2.89. The summed E-state index contributed by atoms with van der Waals surface area (Å²) in [6.45, 7) is 8.58. The topological polar surface area (TPSA) is 97.5 Å². The molecule has 1 fully saturated rings. The molecular formula is C16H26N4O4. The monoisotopic (exact) mass is 338 g/mol. The summed E-state index contributed by atoms with van der Waals surface area (Å²) in [5, 5.41) is 17.1. The van der Waals surface area contributed by atoms with E-state index < -0.39 is 11.6 Å². The molecule has 0 unspecified atom stereocenters. The number of carbonyl (C=O) groups excluding carboxylic acids is 1. The molecule has 134 valence electrons. The second-order valence-electron chi connectivity index (χ2n) is 7.11. The number of aromatic carboxylic acids is 1. The van der Waals surface area contributed by atoms with Gasteiger partial charge in [-0.05, 0) is 40.0 Å². The van der Waals surface area contributed by atoms with Crippen LogP contribution >= 0.6 is 0 Å². The zero-order valence-electron chi connectivity index (χ0n) is 14.8. The highest BCUT2D eigenvalue weighted by Crippen LogP contribution is 2.25. The number of rotatable bonds is 4. The molecule has 0 saturated carbocycles. The molecule has 0 aliphatic carbocycles. The maximum absolute atomic E-state index is 12.3. The first-order chi connectivity index (χ1) is 11.2. The largest absolute Gasteiger partial charge is 0.476 e. The van der Waals surface area contributed by atoms with Gasteiger partial charge < -0.3 is 14.7 Å². The standard InChI is InChI=1S/C16H26N4O4/c1-5-7-12-13(14(21)22)17-18-20(12)11-8-6-9-19(10-11)15(23)24-16(2,3)4/h11H,5-10H2,1-4H3,(H,21,22)/t11-/m1/s1. The Hall–Kier alpha value is -2.12. The zero-order chi connectivity index (χ0) is 17.9. The SMILES string of the molecule is CCCc1c(C(=O)O)nnn1[C@@H]1CCCN(C(=O)OC(C)(C)C)C1. The minimum Gasteiger partial charge on any atom is -0.476 e. The number of aromatic nitrogens is 3. The van der Waals surface area contributed by atoms with Crippen LogP contribution in [-0.2, 0) is 11.2 Å². The predicted octanol–water partition coefficient (Wildman–Crippen LogP) is 2.50. The van der Waals surface area contributed by atoms with E-state index in [2.05, 4.69) is 10.3 Å². The lowest BCUT2D eigenvalue weighted by Gasteiger charge is -2.34. The van der Waals surface area contributed by atoms with Crippen LogP contribution in [-0.4, -0.2) is 55.8 Å². The van der Waals surface area contributed by atoms with Crippen LogP contribution < -0.4 is 0 Å². The lowest BCUT2D eigenvalue weighted by atomic mass is 10.1. The van der Waals surface area contributed by atoms with Crippen LogP contribution in [0.15, 0.2) is 0 Å². The van der Waals surface area contributed by atoms with Gasteiger partial charge >= 0.3 is 12.1 Å². The van der Waals surface area contributed by atoms with Crippen LogP contribution in [0.2, 0.25) is 0 Å². The molecule has 0 radical (unpaired) electrons. The molecule has 1 aliphatic rings. The van der Waals surface area contributed by atoms with Gasteiger partial charge in [-0.15, -0.1) is 5.10 Å². The Labute approximate surface area is 141 Å². The van der Waals surface area contributed by atoms with Crippen LogP contribution in [0.3, 0.4) is 0 Å². The molecule has 1 atom stereocenters. The number of amides is 1. The first kappa shape index (κ1) is 18.2. The van der Waals surface area contributed by atoms with Crippen molar-refractivity contribution in [3.63, 3.8) is 0 Å². The van der Waals surface area contributed by atoms with E-state index in [9.17, 15) is 14.7 Å². The van der Waals surface area contributed by atoms with E-state index in [0.29, 0.717) is 25.2 Å². The van der Waals surface area contributed by atoms with Gasteiger partial charge in [0.05, 0.1) is 11.7 Å². The van der Waals surface area contributed by atoms with Crippen molar-refractivity contribution in [3.05, 3.63) is 11.4 Å². The van der Waals surface area contributed by atoms with Crippen molar-refractivity contribution in [1.82, 2.24) is 19.9 Å². The minimum absolute atomic E-state index is 0.00578. The molecule has 0 spiro atoms. The van der Waals surface area contributed by atoms with E-state index in [1.165, 1.54) is 0 Å². The van der Waals surface area contributed by atoms with Crippen molar-refractivity contribution in [1.29, 1.82) is 0 Å². The number of ether oxygens (including phenoxy) is 1. The van der Waals surface area contributed by atoms with Gasteiger partial charge in [-0.1, -0.05) is 18.6 Å². The first-order valence-corrected chi connectivity index (χ1v) is 8.38. The summed E-state index contributed by atoms with van der Waals surface area (Å²) >= 11 is 0. The number of carboxylic acids is 1. The molecule has 1 aliphatic heterocycles. The summed E-state index contributed by atoms with van der Waals surface area (Å²) in [7, 11) is 0. The van der Waals surface area contributed by atoms with Crippen LogP contribution in [0.25, 0.3) is 0 Å². The second-order valence-corrected chi connectivity index (χ2v) is 7.11. The third-order valence-electron chi connectivity index (χ3n) is 3.87. The van der Waals surface area contributed by atoms with Crippen LogP contribution in [0, 0.1) is 0 Å². The number of nitrogens with zero attached hydrogens (tertiary/aromatic N) is 4. The van der Waals surface area contributed by atoms with Crippen molar-refractivity contribution < 1.29 is 19.4 Å². The van der Waals surface area contributed by atoms with Gasteiger partial charge in [0.15, 0.2) is 5.69 Å². The smallest absolute Gasteiger partial charge is 0.410 e. The van der Waals surface area contributed by atoms with Crippen molar-refractivity contribution in [2.45, 2.75) is 65.0 Å². The first-order valence-electron chi connectivity index (χ1n) is 8.38. The molecule has 0 aromatic carbocycles.